The van der Waals surface area contributed by atoms with Gasteiger partial charge < -0.3 is 19.8 Å². The van der Waals surface area contributed by atoms with Crippen LogP contribution in [0.2, 0.25) is 0 Å². The van der Waals surface area contributed by atoms with Crippen LogP contribution in [0.3, 0.4) is 0 Å². The molecular formula is C18H20N4O6. The molecule has 0 spiro atoms. The molecule has 28 heavy (non-hydrogen) atoms. The van der Waals surface area contributed by atoms with Crippen LogP contribution in [0.25, 0.3) is 0 Å². The van der Waals surface area contributed by atoms with Gasteiger partial charge >= 0.3 is 11.8 Å². The molecule has 148 valence electrons. The zero-order chi connectivity index (χ0) is 19.9. The molecule has 1 aromatic heterocycles. The number of benzene rings is 1. The number of carbonyl (C=O) groups is 2. The van der Waals surface area contributed by atoms with Crippen LogP contribution >= 0.6 is 0 Å². The van der Waals surface area contributed by atoms with Gasteiger partial charge in [0.1, 0.15) is 11.4 Å². The van der Waals surface area contributed by atoms with Crippen LogP contribution in [-0.4, -0.2) is 54.5 Å². The van der Waals surface area contributed by atoms with Crippen molar-refractivity contribution < 1.29 is 23.7 Å². The Hall–Kier alpha value is -3.24. The fraction of sp³-hybridized carbons (Fsp3) is 0.333. The first-order chi connectivity index (χ1) is 13.6. The molecule has 1 aromatic carbocycles. The number of morpholine rings is 1. The summed E-state index contributed by atoms with van der Waals surface area (Å²) in [6, 6.07) is 8.94. The molecule has 1 saturated heterocycles. The Morgan fingerprint density at radius 1 is 1.14 bits per heavy atom. The smallest absolute Gasteiger partial charge is 0.313 e. The van der Waals surface area contributed by atoms with Crippen molar-refractivity contribution in [2.24, 2.45) is 0 Å². The molecule has 10 nitrogen and oxygen atoms in total. The summed E-state index contributed by atoms with van der Waals surface area (Å²) in [6.07, 6.45) is 1.55. The molecule has 2 N–H and O–H groups in total. The van der Waals surface area contributed by atoms with E-state index in [0.717, 1.165) is 0 Å². The molecule has 0 saturated carbocycles. The molecule has 2 aromatic rings. The average Bonchev–Trinajstić information content (AvgIpc) is 3.23. The standard InChI is InChI=1S/C18H20N4O6/c23-17(18(24)20-13-4-1-2-5-14(13)22(25)26)19-12-15(16-6-3-9-28-16)21-7-10-27-11-8-21/h1-6,9,15H,7-8,10-12H2,(H,19,23)(H,20,24). The third-order valence-electron chi connectivity index (χ3n) is 4.37. The maximum Gasteiger partial charge on any atom is 0.313 e. The summed E-state index contributed by atoms with van der Waals surface area (Å²) >= 11 is 0. The lowest BCUT2D eigenvalue weighted by atomic mass is 10.1. The number of nitrogens with one attached hydrogen (secondary N) is 2. The van der Waals surface area contributed by atoms with Gasteiger partial charge in [0.15, 0.2) is 0 Å². The van der Waals surface area contributed by atoms with E-state index in [4.69, 9.17) is 9.15 Å². The molecule has 1 atom stereocenters. The molecule has 3 rings (SSSR count). The first-order valence-electron chi connectivity index (χ1n) is 8.74. The van der Waals surface area contributed by atoms with Gasteiger partial charge in [-0.15, -0.1) is 0 Å². The number of hydrogen-bond donors (Lipinski definition) is 2. The molecule has 2 amide bonds. The van der Waals surface area contributed by atoms with Crippen molar-refractivity contribution in [2.75, 3.05) is 38.2 Å². The number of carbonyl (C=O) groups excluding carboxylic acids is 2. The highest BCUT2D eigenvalue weighted by molar-refractivity contribution is 6.39. The molecule has 2 heterocycles. The SMILES string of the molecule is O=C(NCC(c1ccco1)N1CCOCC1)C(=O)Nc1ccccc1[N+](=O)[O-]. The molecule has 0 bridgehead atoms. The molecule has 0 radical (unpaired) electrons. The predicted molar refractivity (Wildman–Crippen MR) is 98.6 cm³/mol. The number of rotatable bonds is 6. The number of ether oxygens (including phenoxy) is 1. The first-order valence-corrected chi connectivity index (χ1v) is 8.74. The van der Waals surface area contributed by atoms with Crippen molar-refractivity contribution in [2.45, 2.75) is 6.04 Å². The second-order valence-corrected chi connectivity index (χ2v) is 6.12. The minimum Gasteiger partial charge on any atom is -0.468 e. The van der Waals surface area contributed by atoms with E-state index in [0.29, 0.717) is 32.1 Å². The third-order valence-corrected chi connectivity index (χ3v) is 4.37. The largest absolute Gasteiger partial charge is 0.468 e. The van der Waals surface area contributed by atoms with Crippen molar-refractivity contribution in [3.05, 3.63) is 58.5 Å². The van der Waals surface area contributed by atoms with E-state index >= 15 is 0 Å². The van der Waals surface area contributed by atoms with Crippen LogP contribution in [0.4, 0.5) is 11.4 Å². The van der Waals surface area contributed by atoms with E-state index in [1.807, 2.05) is 0 Å². The minimum atomic E-state index is -0.977. The molecular weight excluding hydrogens is 368 g/mol. The number of amides is 2. The fourth-order valence-corrected chi connectivity index (χ4v) is 2.97. The van der Waals surface area contributed by atoms with Crippen LogP contribution in [0.5, 0.6) is 0 Å². The molecule has 1 unspecified atom stereocenters. The maximum absolute atomic E-state index is 12.2. The Balaban J connectivity index is 1.63. The van der Waals surface area contributed by atoms with E-state index in [2.05, 4.69) is 15.5 Å². The Bertz CT molecular complexity index is 832. The summed E-state index contributed by atoms with van der Waals surface area (Å²) in [5.41, 5.74) is -0.325. The van der Waals surface area contributed by atoms with E-state index < -0.39 is 16.7 Å². The molecule has 1 aliphatic rings. The van der Waals surface area contributed by atoms with Crippen molar-refractivity contribution in [3.63, 3.8) is 0 Å². The lowest BCUT2D eigenvalue weighted by molar-refractivity contribution is -0.383. The van der Waals surface area contributed by atoms with Crippen molar-refractivity contribution in [1.29, 1.82) is 0 Å². The van der Waals surface area contributed by atoms with E-state index in [1.54, 1.807) is 18.4 Å². The van der Waals surface area contributed by atoms with E-state index in [1.165, 1.54) is 24.3 Å². The highest BCUT2D eigenvalue weighted by Crippen LogP contribution is 2.23. The van der Waals surface area contributed by atoms with Crippen LogP contribution in [0.1, 0.15) is 11.8 Å². The number of para-hydroxylation sites is 2. The summed E-state index contributed by atoms with van der Waals surface area (Å²) < 4.78 is 10.8. The monoisotopic (exact) mass is 388 g/mol. The normalized spacial score (nSPS) is 15.6. The van der Waals surface area contributed by atoms with E-state index in [9.17, 15) is 19.7 Å². The van der Waals surface area contributed by atoms with Gasteiger partial charge in [0.2, 0.25) is 0 Å². The van der Waals surface area contributed by atoms with Gasteiger partial charge in [0.05, 0.1) is 30.4 Å². The summed E-state index contributed by atoms with van der Waals surface area (Å²) in [7, 11) is 0. The van der Waals surface area contributed by atoms with Crippen LogP contribution in [-0.2, 0) is 14.3 Å². The van der Waals surface area contributed by atoms with Gasteiger partial charge in [0, 0.05) is 25.7 Å². The number of nitro benzene ring substituents is 1. The predicted octanol–water partition coefficient (Wildman–Crippen LogP) is 1.32. The number of nitrogens with zero attached hydrogens (tertiary/aromatic N) is 2. The first kappa shape index (κ1) is 19.5. The Morgan fingerprint density at radius 3 is 2.57 bits per heavy atom. The van der Waals surface area contributed by atoms with Crippen LogP contribution in [0.15, 0.2) is 47.1 Å². The average molecular weight is 388 g/mol. The quantitative estimate of drug-likeness (QED) is 0.434. The zero-order valence-corrected chi connectivity index (χ0v) is 15.0. The maximum atomic E-state index is 12.2. The lowest BCUT2D eigenvalue weighted by Gasteiger charge is -2.33. The van der Waals surface area contributed by atoms with Crippen molar-refractivity contribution in [3.8, 4) is 0 Å². The van der Waals surface area contributed by atoms with Gasteiger partial charge in [-0.05, 0) is 18.2 Å². The zero-order valence-electron chi connectivity index (χ0n) is 15.0. The molecule has 1 fully saturated rings. The summed E-state index contributed by atoms with van der Waals surface area (Å²) in [5.74, 6) is -1.20. The summed E-state index contributed by atoms with van der Waals surface area (Å²) in [4.78, 5) is 36.9. The molecule has 1 aliphatic heterocycles. The van der Waals surface area contributed by atoms with Gasteiger partial charge in [-0.3, -0.25) is 24.6 Å². The summed E-state index contributed by atoms with van der Waals surface area (Å²) in [5, 5.41) is 15.9. The number of nitro groups is 1. The molecule has 0 aliphatic carbocycles. The van der Waals surface area contributed by atoms with Crippen molar-refractivity contribution in [1.82, 2.24) is 10.2 Å². The number of anilines is 1. The van der Waals surface area contributed by atoms with Gasteiger partial charge in [-0.25, -0.2) is 0 Å². The number of furan rings is 1. The molecule has 10 heteroatoms. The highest BCUT2D eigenvalue weighted by atomic mass is 16.6. The minimum absolute atomic E-state index is 0.0385. The van der Waals surface area contributed by atoms with E-state index in [-0.39, 0.29) is 24.0 Å². The summed E-state index contributed by atoms with van der Waals surface area (Å²) in [6.45, 7) is 2.64. The number of hydrogen-bond acceptors (Lipinski definition) is 7. The lowest BCUT2D eigenvalue weighted by Crippen LogP contribution is -2.45. The van der Waals surface area contributed by atoms with Crippen molar-refractivity contribution >= 4 is 23.2 Å². The van der Waals surface area contributed by atoms with Gasteiger partial charge in [-0.2, -0.15) is 0 Å². The van der Waals surface area contributed by atoms with Gasteiger partial charge in [0.25, 0.3) is 5.69 Å². The Morgan fingerprint density at radius 2 is 1.89 bits per heavy atom. The van der Waals surface area contributed by atoms with Crippen LogP contribution < -0.4 is 10.6 Å². The second-order valence-electron chi connectivity index (χ2n) is 6.12. The highest BCUT2D eigenvalue weighted by Gasteiger charge is 2.27. The topological polar surface area (TPSA) is 127 Å². The van der Waals surface area contributed by atoms with Gasteiger partial charge in [-0.1, -0.05) is 12.1 Å². The fourth-order valence-electron chi connectivity index (χ4n) is 2.97. The van der Waals surface area contributed by atoms with Crippen LogP contribution in [0, 0.1) is 10.1 Å². The Kier molecular flexibility index (Phi) is 6.35. The Labute approximate surface area is 160 Å². The second kappa shape index (κ2) is 9.11. The third kappa shape index (κ3) is 4.72.